The summed E-state index contributed by atoms with van der Waals surface area (Å²) in [6.07, 6.45) is 1.76. The van der Waals surface area contributed by atoms with Crippen LogP contribution in [0.1, 0.15) is 15.9 Å². The van der Waals surface area contributed by atoms with Crippen LogP contribution in [0, 0.1) is 6.92 Å². The number of hydrogen-bond acceptors (Lipinski definition) is 5. The Morgan fingerprint density at radius 2 is 1.56 bits per heavy atom. The van der Waals surface area contributed by atoms with Gasteiger partial charge in [0.15, 0.2) is 11.6 Å². The number of hydrogen-bond donors (Lipinski definition) is 4. The molecule has 7 nitrogen and oxygen atoms in total. The SMILES string of the molecule is Cc1cnn(-c2ccccc2)c1NNc1c(O)c(C(=O)Nc2ccccc2)cc2ccccc12. The van der Waals surface area contributed by atoms with Gasteiger partial charge in [-0.2, -0.15) is 5.10 Å². The molecule has 5 rings (SSSR count). The maximum Gasteiger partial charge on any atom is 0.259 e. The van der Waals surface area contributed by atoms with Crippen LogP contribution in [0.3, 0.4) is 0 Å². The lowest BCUT2D eigenvalue weighted by molar-refractivity contribution is 0.102. The molecule has 4 N–H and O–H groups in total. The van der Waals surface area contributed by atoms with Gasteiger partial charge in [0.05, 0.1) is 17.4 Å². The molecular weight excluding hydrogens is 426 g/mol. The zero-order valence-electron chi connectivity index (χ0n) is 18.5. The van der Waals surface area contributed by atoms with Crippen molar-refractivity contribution in [2.45, 2.75) is 6.92 Å². The minimum atomic E-state index is -0.400. The maximum absolute atomic E-state index is 13.0. The summed E-state index contributed by atoms with van der Waals surface area (Å²) in [6, 6.07) is 28.1. The lowest BCUT2D eigenvalue weighted by Gasteiger charge is -2.18. The van der Waals surface area contributed by atoms with Crippen LogP contribution in [0.2, 0.25) is 0 Å². The normalized spacial score (nSPS) is 10.7. The van der Waals surface area contributed by atoms with Crippen molar-refractivity contribution in [2.24, 2.45) is 0 Å². The molecule has 7 heteroatoms. The van der Waals surface area contributed by atoms with Gasteiger partial charge in [0.25, 0.3) is 5.91 Å². The topological polar surface area (TPSA) is 91.2 Å². The van der Waals surface area contributed by atoms with Gasteiger partial charge in [-0.15, -0.1) is 0 Å². The first-order valence-corrected chi connectivity index (χ1v) is 10.8. The number of phenolic OH excluding ortho intramolecular Hbond substituents is 1. The number of benzene rings is 4. The number of anilines is 3. The number of aromatic nitrogens is 2. The number of aryl methyl sites for hydroxylation is 1. The number of para-hydroxylation sites is 2. The van der Waals surface area contributed by atoms with Crippen molar-refractivity contribution < 1.29 is 9.90 Å². The molecule has 0 radical (unpaired) electrons. The van der Waals surface area contributed by atoms with E-state index in [2.05, 4.69) is 21.3 Å². The Kier molecular flexibility index (Phi) is 5.58. The van der Waals surface area contributed by atoms with Crippen molar-refractivity contribution in [1.29, 1.82) is 0 Å². The number of rotatable bonds is 6. The van der Waals surface area contributed by atoms with Gasteiger partial charge < -0.3 is 10.4 Å². The third-order valence-electron chi connectivity index (χ3n) is 5.56. The Hall–Kier alpha value is -4.78. The van der Waals surface area contributed by atoms with E-state index in [0.29, 0.717) is 17.2 Å². The number of hydrazine groups is 1. The quantitative estimate of drug-likeness (QED) is 0.196. The van der Waals surface area contributed by atoms with Gasteiger partial charge in [0.1, 0.15) is 5.69 Å². The van der Waals surface area contributed by atoms with E-state index in [4.69, 9.17) is 0 Å². The summed E-state index contributed by atoms with van der Waals surface area (Å²) >= 11 is 0. The van der Waals surface area contributed by atoms with Gasteiger partial charge in [-0.1, -0.05) is 60.7 Å². The molecule has 4 aromatic carbocycles. The number of fused-ring (bicyclic) bond motifs is 1. The first-order valence-electron chi connectivity index (χ1n) is 10.8. The van der Waals surface area contributed by atoms with Crippen molar-refractivity contribution in [3.63, 3.8) is 0 Å². The molecule has 0 bridgehead atoms. The van der Waals surface area contributed by atoms with E-state index in [0.717, 1.165) is 22.0 Å². The van der Waals surface area contributed by atoms with Crippen LogP contribution in [0.4, 0.5) is 17.2 Å². The molecule has 0 saturated carbocycles. The Morgan fingerprint density at radius 3 is 2.32 bits per heavy atom. The summed E-state index contributed by atoms with van der Waals surface area (Å²) in [4.78, 5) is 13.0. The lowest BCUT2D eigenvalue weighted by Crippen LogP contribution is -2.16. The van der Waals surface area contributed by atoms with Crippen LogP contribution in [0.25, 0.3) is 16.5 Å². The van der Waals surface area contributed by atoms with Crippen molar-refractivity contribution in [1.82, 2.24) is 9.78 Å². The molecule has 168 valence electrons. The monoisotopic (exact) mass is 449 g/mol. The first kappa shape index (κ1) is 21.1. The zero-order valence-corrected chi connectivity index (χ0v) is 18.5. The third kappa shape index (κ3) is 4.02. The van der Waals surface area contributed by atoms with Crippen molar-refractivity contribution >= 4 is 33.9 Å². The minimum absolute atomic E-state index is 0.150. The number of nitrogens with zero attached hydrogens (tertiary/aromatic N) is 2. The fourth-order valence-corrected chi connectivity index (χ4v) is 3.82. The zero-order chi connectivity index (χ0) is 23.5. The van der Waals surface area contributed by atoms with Crippen LogP contribution in [0.5, 0.6) is 5.75 Å². The van der Waals surface area contributed by atoms with Crippen LogP contribution in [-0.2, 0) is 0 Å². The predicted molar refractivity (Wildman–Crippen MR) is 136 cm³/mol. The Labute approximate surface area is 196 Å². The first-order chi connectivity index (χ1) is 16.6. The second-order valence-electron chi connectivity index (χ2n) is 7.86. The fourth-order valence-electron chi connectivity index (χ4n) is 3.82. The number of aromatic hydroxyl groups is 1. The molecule has 5 aromatic rings. The second-order valence-corrected chi connectivity index (χ2v) is 7.86. The van der Waals surface area contributed by atoms with Gasteiger partial charge in [-0.05, 0) is 42.6 Å². The third-order valence-corrected chi connectivity index (χ3v) is 5.56. The van der Waals surface area contributed by atoms with E-state index < -0.39 is 5.91 Å². The highest BCUT2D eigenvalue weighted by atomic mass is 16.3. The molecule has 1 aromatic heterocycles. The van der Waals surface area contributed by atoms with E-state index in [1.165, 1.54) is 0 Å². The van der Waals surface area contributed by atoms with Crippen LogP contribution < -0.4 is 16.2 Å². The highest BCUT2D eigenvalue weighted by molar-refractivity contribution is 6.12. The van der Waals surface area contributed by atoms with Crippen LogP contribution in [-0.4, -0.2) is 20.8 Å². The van der Waals surface area contributed by atoms with Crippen LogP contribution >= 0.6 is 0 Å². The highest BCUT2D eigenvalue weighted by Crippen LogP contribution is 2.37. The minimum Gasteiger partial charge on any atom is -0.505 e. The Balaban J connectivity index is 1.51. The number of phenols is 1. The molecular formula is C27H23N5O2. The molecule has 1 amide bonds. The number of carbonyl (C=O) groups excluding carboxylic acids is 1. The summed E-state index contributed by atoms with van der Waals surface area (Å²) < 4.78 is 1.77. The largest absolute Gasteiger partial charge is 0.505 e. The van der Waals surface area contributed by atoms with Crippen molar-refractivity contribution in [3.05, 3.63) is 108 Å². The Morgan fingerprint density at radius 1 is 0.882 bits per heavy atom. The van der Waals surface area contributed by atoms with E-state index in [1.54, 1.807) is 29.1 Å². The maximum atomic E-state index is 13.0. The van der Waals surface area contributed by atoms with Gasteiger partial charge in [-0.25, -0.2) is 4.68 Å². The number of amides is 1. The standard InChI is InChI=1S/C27H23N5O2/c1-18-17-28-32(21-13-6-3-7-14-21)26(18)31-30-24-22-15-9-8-10-19(22)16-23(25(24)33)27(34)29-20-11-4-2-5-12-20/h2-17,30-31,33H,1H3,(H,29,34). The molecule has 0 aliphatic heterocycles. The molecule has 1 heterocycles. The van der Waals surface area contributed by atoms with Crippen molar-refractivity contribution in [2.75, 3.05) is 16.2 Å². The molecule has 0 atom stereocenters. The summed E-state index contributed by atoms with van der Waals surface area (Å²) in [7, 11) is 0. The summed E-state index contributed by atoms with van der Waals surface area (Å²) in [5.41, 5.74) is 9.33. The van der Waals surface area contributed by atoms with E-state index in [1.807, 2.05) is 79.7 Å². The Bertz CT molecular complexity index is 1460. The fraction of sp³-hybridized carbons (Fsp3) is 0.0370. The van der Waals surface area contributed by atoms with Crippen LogP contribution in [0.15, 0.2) is 97.2 Å². The van der Waals surface area contributed by atoms with E-state index >= 15 is 0 Å². The van der Waals surface area contributed by atoms with E-state index in [-0.39, 0.29) is 11.3 Å². The molecule has 0 spiro atoms. The smallest absolute Gasteiger partial charge is 0.259 e. The molecule has 0 saturated heterocycles. The average molecular weight is 450 g/mol. The number of carbonyl (C=O) groups is 1. The molecule has 34 heavy (non-hydrogen) atoms. The summed E-state index contributed by atoms with van der Waals surface area (Å²) in [5.74, 6) is 0.167. The summed E-state index contributed by atoms with van der Waals surface area (Å²) in [6.45, 7) is 1.94. The number of nitrogens with one attached hydrogen (secondary N) is 3. The highest BCUT2D eigenvalue weighted by Gasteiger charge is 2.19. The predicted octanol–water partition coefficient (Wildman–Crippen LogP) is 5.73. The second kappa shape index (κ2) is 8.99. The van der Waals surface area contributed by atoms with Gasteiger partial charge in [0.2, 0.25) is 0 Å². The molecule has 0 unspecified atom stereocenters. The average Bonchev–Trinajstić information content (AvgIpc) is 3.24. The van der Waals surface area contributed by atoms with Gasteiger partial charge in [-0.3, -0.25) is 15.6 Å². The van der Waals surface area contributed by atoms with E-state index in [9.17, 15) is 9.90 Å². The summed E-state index contributed by atoms with van der Waals surface area (Å²) in [5, 5.41) is 20.0. The lowest BCUT2D eigenvalue weighted by atomic mass is 10.0. The van der Waals surface area contributed by atoms with Gasteiger partial charge in [0, 0.05) is 16.6 Å². The van der Waals surface area contributed by atoms with Crippen molar-refractivity contribution in [3.8, 4) is 11.4 Å². The molecule has 0 aliphatic rings. The molecule has 0 aliphatic carbocycles. The van der Waals surface area contributed by atoms with Gasteiger partial charge >= 0.3 is 0 Å². The molecule has 0 fully saturated rings.